The summed E-state index contributed by atoms with van der Waals surface area (Å²) in [7, 11) is 1.60. The minimum atomic E-state index is -0.502. The number of hydrogen-bond donors (Lipinski definition) is 1. The zero-order chi connectivity index (χ0) is 25.1. The van der Waals surface area contributed by atoms with E-state index in [1.54, 1.807) is 24.1 Å². The van der Waals surface area contributed by atoms with Gasteiger partial charge < -0.3 is 14.6 Å². The van der Waals surface area contributed by atoms with Crippen molar-refractivity contribution in [1.82, 2.24) is 20.4 Å². The highest BCUT2D eigenvalue weighted by atomic mass is 19.1. The van der Waals surface area contributed by atoms with Crippen molar-refractivity contribution in [3.8, 4) is 17.1 Å². The predicted molar refractivity (Wildman–Crippen MR) is 133 cm³/mol. The Bertz CT molecular complexity index is 1380. The van der Waals surface area contributed by atoms with Gasteiger partial charge in [0.1, 0.15) is 11.6 Å². The molecule has 1 atom stereocenters. The van der Waals surface area contributed by atoms with Gasteiger partial charge in [-0.15, -0.1) is 0 Å². The minimum Gasteiger partial charge on any atom is -0.497 e. The third kappa shape index (κ3) is 4.70. The highest BCUT2D eigenvalue weighted by Crippen LogP contribution is 2.37. The normalized spacial score (nSPS) is 15.7. The molecule has 0 spiro atoms. The second-order valence-electron chi connectivity index (χ2n) is 8.47. The van der Waals surface area contributed by atoms with Crippen molar-refractivity contribution < 1.29 is 18.4 Å². The zero-order valence-corrected chi connectivity index (χ0v) is 19.9. The molecule has 1 aliphatic rings. The number of benzene rings is 3. The number of nitrogens with zero attached hydrogens (tertiary/aromatic N) is 3. The molecule has 1 aliphatic heterocycles. The lowest BCUT2D eigenvalue weighted by Gasteiger charge is -2.35. The third-order valence-corrected chi connectivity index (χ3v) is 6.27. The largest absolute Gasteiger partial charge is 0.497 e. The second kappa shape index (κ2) is 10.0. The number of carbonyl (C=O) groups excluding carboxylic acids is 1. The molecule has 8 heteroatoms. The average molecular weight is 485 g/mol. The van der Waals surface area contributed by atoms with Gasteiger partial charge in [0.2, 0.25) is 5.82 Å². The monoisotopic (exact) mass is 484 g/mol. The van der Waals surface area contributed by atoms with E-state index in [1.165, 1.54) is 12.1 Å². The van der Waals surface area contributed by atoms with Crippen molar-refractivity contribution in [2.24, 2.45) is 0 Å². The fourth-order valence-electron chi connectivity index (χ4n) is 4.31. The summed E-state index contributed by atoms with van der Waals surface area (Å²) < 4.78 is 24.4. The predicted octanol–water partition coefficient (Wildman–Crippen LogP) is 5.62. The zero-order valence-electron chi connectivity index (χ0n) is 19.9. The maximum atomic E-state index is 13.4. The van der Waals surface area contributed by atoms with Gasteiger partial charge in [0.05, 0.1) is 18.7 Å². The summed E-state index contributed by atoms with van der Waals surface area (Å²) in [5.74, 6) is 0.998. The Kier molecular flexibility index (Phi) is 6.49. The van der Waals surface area contributed by atoms with Gasteiger partial charge in [0, 0.05) is 17.8 Å². The van der Waals surface area contributed by atoms with Crippen LogP contribution in [0.4, 0.5) is 9.18 Å². The molecule has 2 amide bonds. The number of hydrogen-bond acceptors (Lipinski definition) is 5. The Morgan fingerprint density at radius 1 is 1.03 bits per heavy atom. The lowest BCUT2D eigenvalue weighted by Crippen LogP contribution is -2.46. The number of allylic oxidation sites excluding steroid dienone is 1. The van der Waals surface area contributed by atoms with Crippen LogP contribution in [-0.2, 0) is 6.42 Å². The first-order chi connectivity index (χ1) is 17.5. The van der Waals surface area contributed by atoms with E-state index < -0.39 is 6.04 Å². The molecule has 7 nitrogen and oxygen atoms in total. The van der Waals surface area contributed by atoms with Crippen LogP contribution in [0, 0.1) is 5.82 Å². The smallest absolute Gasteiger partial charge is 0.322 e. The molecule has 4 aromatic rings. The van der Waals surface area contributed by atoms with E-state index in [-0.39, 0.29) is 17.7 Å². The van der Waals surface area contributed by atoms with E-state index in [0.717, 1.165) is 16.8 Å². The highest BCUT2D eigenvalue weighted by molar-refractivity contribution is 5.87. The first kappa shape index (κ1) is 23.3. The number of nitrogens with one attached hydrogen (secondary N) is 1. The van der Waals surface area contributed by atoms with E-state index in [0.29, 0.717) is 35.7 Å². The SMILES string of the molecule is COc1ccc(C2NC(=O)N(CCc3ccccc3)C(C)=C2c2nc(-c3ccc(F)cc3)no2)cc1. The second-order valence-corrected chi connectivity index (χ2v) is 8.47. The van der Waals surface area contributed by atoms with Crippen LogP contribution in [0.5, 0.6) is 5.75 Å². The number of methoxy groups -OCH3 is 1. The molecule has 5 rings (SSSR count). The molecule has 3 aromatic carbocycles. The van der Waals surface area contributed by atoms with Crippen LogP contribution in [0.3, 0.4) is 0 Å². The Balaban J connectivity index is 1.54. The summed E-state index contributed by atoms with van der Waals surface area (Å²) in [4.78, 5) is 19.5. The molecule has 1 N–H and O–H groups in total. The number of urea groups is 1. The van der Waals surface area contributed by atoms with Crippen molar-refractivity contribution in [3.05, 3.63) is 107 Å². The van der Waals surface area contributed by atoms with Crippen LogP contribution in [0.15, 0.2) is 89.1 Å². The van der Waals surface area contributed by atoms with Crippen LogP contribution in [0.25, 0.3) is 17.0 Å². The quantitative estimate of drug-likeness (QED) is 0.368. The lowest BCUT2D eigenvalue weighted by atomic mass is 9.94. The number of amides is 2. The van der Waals surface area contributed by atoms with Gasteiger partial charge in [0.15, 0.2) is 0 Å². The third-order valence-electron chi connectivity index (χ3n) is 6.27. The molecule has 0 saturated carbocycles. The summed E-state index contributed by atoms with van der Waals surface area (Å²) in [5, 5.41) is 7.23. The van der Waals surface area contributed by atoms with E-state index in [2.05, 4.69) is 15.5 Å². The van der Waals surface area contributed by atoms with Crippen molar-refractivity contribution in [2.75, 3.05) is 13.7 Å². The average Bonchev–Trinajstić information content (AvgIpc) is 3.39. The molecule has 182 valence electrons. The molecule has 0 aliphatic carbocycles. The van der Waals surface area contributed by atoms with Crippen LogP contribution in [0.2, 0.25) is 0 Å². The molecular formula is C28H25FN4O3. The van der Waals surface area contributed by atoms with Crippen LogP contribution in [-0.4, -0.2) is 34.7 Å². The molecule has 1 unspecified atom stereocenters. The summed E-state index contributed by atoms with van der Waals surface area (Å²) >= 11 is 0. The molecular weight excluding hydrogens is 459 g/mol. The minimum absolute atomic E-state index is 0.203. The van der Waals surface area contributed by atoms with Gasteiger partial charge in [-0.05, 0) is 60.9 Å². The summed E-state index contributed by atoms with van der Waals surface area (Å²) in [6.07, 6.45) is 0.691. The van der Waals surface area contributed by atoms with Crippen LogP contribution >= 0.6 is 0 Å². The topological polar surface area (TPSA) is 80.5 Å². The number of aromatic nitrogens is 2. The van der Waals surface area contributed by atoms with Crippen molar-refractivity contribution in [2.45, 2.75) is 19.4 Å². The Morgan fingerprint density at radius 2 is 1.75 bits per heavy atom. The molecule has 0 radical (unpaired) electrons. The van der Waals surface area contributed by atoms with Crippen LogP contribution in [0.1, 0.15) is 30.0 Å². The Morgan fingerprint density at radius 3 is 2.44 bits per heavy atom. The Hall–Kier alpha value is -4.46. The summed E-state index contributed by atoms with van der Waals surface area (Å²) in [6, 6.07) is 22.7. The van der Waals surface area contributed by atoms with Crippen molar-refractivity contribution in [3.63, 3.8) is 0 Å². The van der Waals surface area contributed by atoms with E-state index in [9.17, 15) is 9.18 Å². The molecule has 0 fully saturated rings. The van der Waals surface area contributed by atoms with Crippen molar-refractivity contribution in [1.29, 1.82) is 0 Å². The van der Waals surface area contributed by atoms with E-state index in [4.69, 9.17) is 9.26 Å². The van der Waals surface area contributed by atoms with Crippen LogP contribution < -0.4 is 10.1 Å². The van der Waals surface area contributed by atoms with Gasteiger partial charge in [-0.1, -0.05) is 47.6 Å². The van der Waals surface area contributed by atoms with Gasteiger partial charge in [-0.3, -0.25) is 4.90 Å². The Labute approximate surface area is 208 Å². The van der Waals surface area contributed by atoms with Gasteiger partial charge in [0.25, 0.3) is 5.89 Å². The summed E-state index contributed by atoms with van der Waals surface area (Å²) in [6.45, 7) is 2.37. The van der Waals surface area contributed by atoms with Crippen molar-refractivity contribution >= 4 is 11.6 Å². The highest BCUT2D eigenvalue weighted by Gasteiger charge is 2.35. The number of ether oxygens (including phenoxy) is 1. The molecule has 36 heavy (non-hydrogen) atoms. The lowest BCUT2D eigenvalue weighted by molar-refractivity contribution is 0.205. The first-order valence-corrected chi connectivity index (χ1v) is 11.6. The number of rotatable bonds is 7. The van der Waals surface area contributed by atoms with Gasteiger partial charge in [-0.25, -0.2) is 9.18 Å². The van der Waals surface area contributed by atoms with E-state index >= 15 is 0 Å². The maximum Gasteiger partial charge on any atom is 0.322 e. The maximum absolute atomic E-state index is 13.4. The number of carbonyl (C=O) groups is 1. The fourth-order valence-corrected chi connectivity index (χ4v) is 4.31. The molecule has 2 heterocycles. The fraction of sp³-hybridized carbons (Fsp3) is 0.179. The van der Waals surface area contributed by atoms with E-state index in [1.807, 2.05) is 61.5 Å². The molecule has 0 bridgehead atoms. The number of halogens is 1. The van der Waals surface area contributed by atoms with Gasteiger partial charge in [-0.2, -0.15) is 4.98 Å². The summed E-state index contributed by atoms with van der Waals surface area (Å²) in [5.41, 5.74) is 4.04. The molecule has 1 aromatic heterocycles. The first-order valence-electron chi connectivity index (χ1n) is 11.6. The standard InChI is InChI=1S/C28H25FN4O3/c1-18-24(27-31-26(32-36-27)21-8-12-22(29)13-9-21)25(20-10-14-23(35-2)15-11-20)30-28(34)33(18)17-16-19-6-4-3-5-7-19/h3-15,25H,16-17H2,1-2H3,(H,30,34). The van der Waals surface area contributed by atoms with Gasteiger partial charge >= 0.3 is 6.03 Å². The molecule has 0 saturated heterocycles.